The molecule has 0 bridgehead atoms. The lowest BCUT2D eigenvalue weighted by molar-refractivity contribution is 0.237. The van der Waals surface area contributed by atoms with Gasteiger partial charge in [0, 0.05) is 0 Å². The van der Waals surface area contributed by atoms with Crippen molar-refractivity contribution < 1.29 is 14.0 Å². The molecule has 1 rings (SSSR count). The Morgan fingerprint density at radius 3 is 2.10 bits per heavy atom. The van der Waals surface area contributed by atoms with E-state index < -0.39 is 7.60 Å². The number of hydrogen-bond acceptors (Lipinski definition) is 2. The molecule has 1 fully saturated rings. The quantitative estimate of drug-likeness (QED) is 0.395. The van der Waals surface area contributed by atoms with Crippen LogP contribution in [-0.4, -0.2) is 17.2 Å². The van der Waals surface area contributed by atoms with Crippen molar-refractivity contribution in [3.8, 4) is 0 Å². The first kappa shape index (κ1) is 18.2. The molecule has 3 nitrogen and oxygen atoms in total. The number of unbranched alkanes of at least 4 members (excludes halogenated alkanes) is 7. The van der Waals surface area contributed by atoms with Gasteiger partial charge in [0.25, 0.3) is 0 Å². The molecule has 20 heavy (non-hydrogen) atoms. The highest BCUT2D eigenvalue weighted by molar-refractivity contribution is 7.53. The fourth-order valence-corrected chi connectivity index (χ4v) is 4.56. The zero-order chi connectivity index (χ0) is 14.7. The second-order valence-corrected chi connectivity index (χ2v) is 8.28. The largest absolute Gasteiger partial charge is 0.331 e. The van der Waals surface area contributed by atoms with Crippen molar-refractivity contribution in [1.82, 2.24) is 0 Å². The van der Waals surface area contributed by atoms with E-state index in [-0.39, 0.29) is 5.66 Å². The first-order valence-corrected chi connectivity index (χ1v) is 10.3. The van der Waals surface area contributed by atoms with Gasteiger partial charge in [0.05, 0.1) is 12.3 Å². The Labute approximate surface area is 125 Å². The van der Waals surface area contributed by atoms with E-state index in [1.807, 2.05) is 0 Å². The maximum Gasteiger partial charge on any atom is 0.331 e. The lowest BCUT2D eigenvalue weighted by Gasteiger charge is -2.25. The van der Waals surface area contributed by atoms with Crippen molar-refractivity contribution in [2.75, 3.05) is 6.61 Å². The maximum absolute atomic E-state index is 12.1. The van der Waals surface area contributed by atoms with Crippen LogP contribution >= 0.6 is 7.60 Å². The van der Waals surface area contributed by atoms with Crippen molar-refractivity contribution in [3.63, 3.8) is 0 Å². The molecule has 1 N–H and O–H groups in total. The molecule has 120 valence electrons. The second-order valence-electron chi connectivity index (χ2n) is 6.16. The smallest absolute Gasteiger partial charge is 0.324 e. The normalized spacial score (nSPS) is 19.9. The van der Waals surface area contributed by atoms with Crippen molar-refractivity contribution in [3.05, 3.63) is 0 Å². The molecule has 4 heteroatoms. The molecule has 1 aliphatic carbocycles. The van der Waals surface area contributed by atoms with Gasteiger partial charge in [0.2, 0.25) is 0 Å². The molecular formula is C16H33O3P. The van der Waals surface area contributed by atoms with Crippen LogP contribution in [0.2, 0.25) is 0 Å². The average molecular weight is 304 g/mol. The molecule has 0 saturated heterocycles. The third-order valence-electron chi connectivity index (χ3n) is 4.31. The Bertz CT molecular complexity index is 275. The molecule has 0 radical (unpaired) electrons. The van der Waals surface area contributed by atoms with E-state index in [0.717, 1.165) is 38.5 Å². The van der Waals surface area contributed by atoms with E-state index >= 15 is 0 Å². The summed E-state index contributed by atoms with van der Waals surface area (Å²) in [5.74, 6) is 0. The second kappa shape index (κ2) is 10.8. The van der Waals surface area contributed by atoms with E-state index in [9.17, 15) is 9.46 Å². The monoisotopic (exact) mass is 304 g/mol. The van der Waals surface area contributed by atoms with Gasteiger partial charge in [0.1, 0.15) is 0 Å². The number of rotatable bonds is 11. The Balaban J connectivity index is 1.98. The van der Waals surface area contributed by atoms with E-state index in [0.29, 0.717) is 6.61 Å². The highest BCUT2D eigenvalue weighted by Gasteiger charge is 2.32. The summed E-state index contributed by atoms with van der Waals surface area (Å²) in [6.07, 6.45) is 15.0. The van der Waals surface area contributed by atoms with Crippen LogP contribution in [0.15, 0.2) is 0 Å². The highest BCUT2D eigenvalue weighted by Crippen LogP contribution is 2.52. The molecule has 0 heterocycles. The summed E-state index contributed by atoms with van der Waals surface area (Å²) >= 11 is 0. The van der Waals surface area contributed by atoms with Crippen LogP contribution in [0, 0.1) is 0 Å². The molecule has 1 unspecified atom stereocenters. The molecule has 0 aromatic heterocycles. The summed E-state index contributed by atoms with van der Waals surface area (Å²) in [4.78, 5) is 9.97. The average Bonchev–Trinajstić information content (AvgIpc) is 2.46. The van der Waals surface area contributed by atoms with Gasteiger partial charge in [-0.25, -0.2) is 0 Å². The van der Waals surface area contributed by atoms with E-state index in [1.54, 1.807) is 0 Å². The summed E-state index contributed by atoms with van der Waals surface area (Å²) in [6, 6.07) is 0. The predicted molar refractivity (Wildman–Crippen MR) is 85.3 cm³/mol. The van der Waals surface area contributed by atoms with Gasteiger partial charge in [-0.3, -0.25) is 4.57 Å². The predicted octanol–water partition coefficient (Wildman–Crippen LogP) is 5.66. The summed E-state index contributed by atoms with van der Waals surface area (Å²) in [5, 5.41) is 0. The minimum atomic E-state index is -3.34. The summed E-state index contributed by atoms with van der Waals surface area (Å²) in [6.45, 7) is 2.69. The van der Waals surface area contributed by atoms with Crippen LogP contribution in [0.25, 0.3) is 0 Å². The van der Waals surface area contributed by atoms with Gasteiger partial charge >= 0.3 is 7.60 Å². The Morgan fingerprint density at radius 2 is 1.50 bits per heavy atom. The number of hydrogen-bond donors (Lipinski definition) is 1. The minimum absolute atomic E-state index is 0.0923. The van der Waals surface area contributed by atoms with Crippen LogP contribution in [0.1, 0.15) is 90.4 Å². The van der Waals surface area contributed by atoms with Crippen LogP contribution in [0.4, 0.5) is 0 Å². The van der Waals surface area contributed by atoms with E-state index in [4.69, 9.17) is 4.52 Å². The topological polar surface area (TPSA) is 46.5 Å². The SMILES string of the molecule is CCCCCCCCCCOP(=O)(O)C1CCCCC1. The van der Waals surface area contributed by atoms with Gasteiger partial charge in [-0.1, -0.05) is 71.1 Å². The lowest BCUT2D eigenvalue weighted by Crippen LogP contribution is -2.14. The summed E-state index contributed by atoms with van der Waals surface area (Å²) < 4.78 is 17.4. The fourth-order valence-electron chi connectivity index (χ4n) is 2.94. The zero-order valence-corrected chi connectivity index (χ0v) is 14.1. The van der Waals surface area contributed by atoms with Crippen molar-refractivity contribution in [2.45, 2.75) is 96.1 Å². The first-order chi connectivity index (χ1) is 9.67. The van der Waals surface area contributed by atoms with Crippen LogP contribution in [0.3, 0.4) is 0 Å². The molecule has 0 spiro atoms. The molecule has 1 saturated carbocycles. The lowest BCUT2D eigenvalue weighted by atomic mass is 10.0. The Morgan fingerprint density at radius 1 is 0.950 bits per heavy atom. The molecule has 0 aromatic carbocycles. The molecule has 0 aliphatic heterocycles. The van der Waals surface area contributed by atoms with E-state index in [2.05, 4.69) is 6.92 Å². The van der Waals surface area contributed by atoms with Gasteiger partial charge in [0.15, 0.2) is 0 Å². The van der Waals surface area contributed by atoms with Crippen LogP contribution in [0.5, 0.6) is 0 Å². The van der Waals surface area contributed by atoms with Crippen molar-refractivity contribution >= 4 is 7.60 Å². The molecule has 0 aromatic rings. The standard InChI is InChI=1S/C16H33O3P/c1-2-3-4-5-6-7-8-12-15-19-20(17,18)16-13-10-9-11-14-16/h16H,2-15H2,1H3,(H,17,18). The molecule has 1 atom stereocenters. The Hall–Kier alpha value is 0.150. The first-order valence-electron chi connectivity index (χ1n) is 8.64. The summed E-state index contributed by atoms with van der Waals surface area (Å²) in [7, 11) is -3.34. The van der Waals surface area contributed by atoms with Gasteiger partial charge in [-0.2, -0.15) is 0 Å². The highest BCUT2D eigenvalue weighted by atomic mass is 31.2. The Kier molecular flexibility index (Phi) is 9.84. The van der Waals surface area contributed by atoms with E-state index in [1.165, 1.54) is 44.9 Å². The minimum Gasteiger partial charge on any atom is -0.324 e. The third-order valence-corrected chi connectivity index (χ3v) is 6.30. The fraction of sp³-hybridized carbons (Fsp3) is 1.00. The molecule has 1 aliphatic rings. The molecule has 0 amide bonds. The van der Waals surface area contributed by atoms with Crippen LogP contribution in [-0.2, 0) is 9.09 Å². The van der Waals surface area contributed by atoms with Gasteiger partial charge in [-0.05, 0) is 19.3 Å². The van der Waals surface area contributed by atoms with Gasteiger partial charge < -0.3 is 9.42 Å². The maximum atomic E-state index is 12.1. The van der Waals surface area contributed by atoms with Crippen molar-refractivity contribution in [2.24, 2.45) is 0 Å². The van der Waals surface area contributed by atoms with Crippen LogP contribution < -0.4 is 0 Å². The summed E-state index contributed by atoms with van der Waals surface area (Å²) in [5.41, 5.74) is -0.0923. The third kappa shape index (κ3) is 7.81. The van der Waals surface area contributed by atoms with Gasteiger partial charge in [-0.15, -0.1) is 0 Å². The van der Waals surface area contributed by atoms with Crippen molar-refractivity contribution in [1.29, 1.82) is 0 Å². The zero-order valence-electron chi connectivity index (χ0n) is 13.2. The molecular weight excluding hydrogens is 271 g/mol.